The number of carbonyl (C=O) groups is 1. The number of nitrogens with zero attached hydrogens (tertiary/aromatic N) is 1. The van der Waals surface area contributed by atoms with Gasteiger partial charge in [-0.05, 0) is 45.8 Å². The first kappa shape index (κ1) is 17.1. The SMILES string of the molecule is CS(=O)(=O)c1ccc(CC(=O)Nc2nc3c(Br)cccc3s2)cc1. The van der Waals surface area contributed by atoms with E-state index in [1.54, 1.807) is 12.1 Å². The first-order valence-corrected chi connectivity index (χ1v) is 10.5. The van der Waals surface area contributed by atoms with Gasteiger partial charge in [0.1, 0.15) is 0 Å². The summed E-state index contributed by atoms with van der Waals surface area (Å²) in [6.45, 7) is 0. The van der Waals surface area contributed by atoms with E-state index in [1.165, 1.54) is 23.5 Å². The molecule has 0 aliphatic carbocycles. The Morgan fingerprint density at radius 1 is 1.21 bits per heavy atom. The number of aromatic nitrogens is 1. The number of rotatable bonds is 4. The number of nitrogens with one attached hydrogen (secondary N) is 1. The molecule has 2 aromatic carbocycles. The highest BCUT2D eigenvalue weighted by atomic mass is 79.9. The first-order chi connectivity index (χ1) is 11.3. The van der Waals surface area contributed by atoms with Crippen molar-refractivity contribution in [1.82, 2.24) is 4.98 Å². The van der Waals surface area contributed by atoms with Crippen molar-refractivity contribution in [3.63, 3.8) is 0 Å². The minimum absolute atomic E-state index is 0.154. The molecule has 1 aromatic heterocycles. The van der Waals surface area contributed by atoms with E-state index in [1.807, 2.05) is 18.2 Å². The Bertz CT molecular complexity index is 1010. The van der Waals surface area contributed by atoms with Crippen molar-refractivity contribution in [1.29, 1.82) is 0 Å². The summed E-state index contributed by atoms with van der Waals surface area (Å²) < 4.78 is 24.7. The summed E-state index contributed by atoms with van der Waals surface area (Å²) in [5, 5.41) is 3.32. The number of halogens is 1. The summed E-state index contributed by atoms with van der Waals surface area (Å²) in [5.74, 6) is -0.197. The molecule has 0 aliphatic rings. The van der Waals surface area contributed by atoms with Gasteiger partial charge in [0.15, 0.2) is 15.0 Å². The van der Waals surface area contributed by atoms with Gasteiger partial charge in [0.25, 0.3) is 0 Å². The average molecular weight is 425 g/mol. The largest absolute Gasteiger partial charge is 0.302 e. The highest BCUT2D eigenvalue weighted by Crippen LogP contribution is 2.30. The second-order valence-electron chi connectivity index (χ2n) is 5.25. The van der Waals surface area contributed by atoms with Gasteiger partial charge in [0.05, 0.1) is 21.5 Å². The third-order valence-electron chi connectivity index (χ3n) is 3.33. The summed E-state index contributed by atoms with van der Waals surface area (Å²) in [7, 11) is -3.23. The van der Waals surface area contributed by atoms with Gasteiger partial charge in [-0.25, -0.2) is 13.4 Å². The van der Waals surface area contributed by atoms with Crippen molar-refractivity contribution in [3.05, 3.63) is 52.5 Å². The monoisotopic (exact) mass is 424 g/mol. The summed E-state index contributed by atoms with van der Waals surface area (Å²) >= 11 is 4.84. The normalized spacial score (nSPS) is 11.6. The minimum Gasteiger partial charge on any atom is -0.302 e. The molecule has 0 unspecified atom stereocenters. The fourth-order valence-electron chi connectivity index (χ4n) is 2.17. The molecule has 8 heteroatoms. The third kappa shape index (κ3) is 3.82. The lowest BCUT2D eigenvalue weighted by Crippen LogP contribution is -2.14. The molecular weight excluding hydrogens is 412 g/mol. The zero-order valence-electron chi connectivity index (χ0n) is 12.6. The smallest absolute Gasteiger partial charge is 0.230 e. The van der Waals surface area contributed by atoms with Crippen LogP contribution in [0, 0.1) is 0 Å². The van der Waals surface area contributed by atoms with Gasteiger partial charge in [0.2, 0.25) is 5.91 Å². The molecule has 0 saturated carbocycles. The van der Waals surface area contributed by atoms with Crippen molar-refractivity contribution in [3.8, 4) is 0 Å². The van der Waals surface area contributed by atoms with Crippen LogP contribution in [0.15, 0.2) is 51.8 Å². The van der Waals surface area contributed by atoms with E-state index in [4.69, 9.17) is 0 Å². The second-order valence-corrected chi connectivity index (χ2v) is 9.15. The third-order valence-corrected chi connectivity index (χ3v) is 6.04. The maximum Gasteiger partial charge on any atom is 0.230 e. The molecule has 0 fully saturated rings. The number of para-hydroxylation sites is 1. The van der Waals surface area contributed by atoms with Crippen molar-refractivity contribution in [2.75, 3.05) is 11.6 Å². The molecular formula is C16H13BrN2O3S2. The van der Waals surface area contributed by atoms with E-state index in [2.05, 4.69) is 26.2 Å². The topological polar surface area (TPSA) is 76.1 Å². The lowest BCUT2D eigenvalue weighted by molar-refractivity contribution is -0.115. The number of fused-ring (bicyclic) bond motifs is 1. The Morgan fingerprint density at radius 3 is 2.54 bits per heavy atom. The average Bonchev–Trinajstić information content (AvgIpc) is 2.90. The predicted octanol–water partition coefficient (Wildman–Crippen LogP) is 3.64. The number of hydrogen-bond acceptors (Lipinski definition) is 5. The first-order valence-electron chi connectivity index (χ1n) is 6.97. The second kappa shape index (κ2) is 6.62. The molecule has 3 rings (SSSR count). The molecule has 0 aliphatic heterocycles. The molecule has 0 atom stereocenters. The Kier molecular flexibility index (Phi) is 4.71. The molecule has 0 saturated heterocycles. The Hall–Kier alpha value is -1.77. The maximum absolute atomic E-state index is 12.2. The number of hydrogen-bond donors (Lipinski definition) is 1. The van der Waals surface area contributed by atoms with Gasteiger partial charge in [0, 0.05) is 10.7 Å². The summed E-state index contributed by atoms with van der Waals surface area (Å²) in [6, 6.07) is 12.1. The van der Waals surface area contributed by atoms with Crippen LogP contribution in [0.25, 0.3) is 10.2 Å². The highest BCUT2D eigenvalue weighted by molar-refractivity contribution is 9.10. The van der Waals surface area contributed by atoms with E-state index >= 15 is 0 Å². The number of carbonyl (C=O) groups excluding carboxylic acids is 1. The zero-order chi connectivity index (χ0) is 17.3. The van der Waals surface area contributed by atoms with Crippen LogP contribution in [0.4, 0.5) is 5.13 Å². The van der Waals surface area contributed by atoms with Crippen LogP contribution in [-0.2, 0) is 21.1 Å². The van der Waals surface area contributed by atoms with Crippen molar-refractivity contribution >= 4 is 58.4 Å². The lowest BCUT2D eigenvalue weighted by atomic mass is 10.1. The molecule has 1 amide bonds. The van der Waals surface area contributed by atoms with Gasteiger partial charge < -0.3 is 5.32 Å². The van der Waals surface area contributed by atoms with E-state index < -0.39 is 9.84 Å². The molecule has 1 N–H and O–H groups in total. The van der Waals surface area contributed by atoms with Crippen LogP contribution in [-0.4, -0.2) is 25.6 Å². The standard InChI is InChI=1S/C16H13BrN2O3S2/c1-24(21,22)11-7-5-10(6-8-11)9-14(20)18-16-19-15-12(17)3-2-4-13(15)23-16/h2-8H,9H2,1H3,(H,18,19,20). The molecule has 1 heterocycles. The van der Waals surface area contributed by atoms with E-state index in [0.717, 1.165) is 26.5 Å². The molecule has 0 radical (unpaired) electrons. The Balaban J connectivity index is 1.71. The number of amides is 1. The number of anilines is 1. The molecule has 124 valence electrons. The van der Waals surface area contributed by atoms with E-state index in [0.29, 0.717) is 5.13 Å². The Morgan fingerprint density at radius 2 is 1.92 bits per heavy atom. The number of benzene rings is 2. The number of sulfone groups is 1. The van der Waals surface area contributed by atoms with E-state index in [-0.39, 0.29) is 17.2 Å². The number of thiazole rings is 1. The van der Waals surface area contributed by atoms with Crippen molar-refractivity contribution < 1.29 is 13.2 Å². The fourth-order valence-corrected chi connectivity index (χ4v) is 4.30. The lowest BCUT2D eigenvalue weighted by Gasteiger charge is -2.03. The van der Waals surface area contributed by atoms with Crippen molar-refractivity contribution in [2.45, 2.75) is 11.3 Å². The van der Waals surface area contributed by atoms with Gasteiger partial charge in [-0.2, -0.15) is 0 Å². The molecule has 0 bridgehead atoms. The van der Waals surface area contributed by atoms with Crippen LogP contribution in [0.2, 0.25) is 0 Å². The van der Waals surface area contributed by atoms with Gasteiger partial charge in [-0.15, -0.1) is 0 Å². The summed E-state index contributed by atoms with van der Waals surface area (Å²) in [5.41, 5.74) is 1.55. The van der Waals surface area contributed by atoms with Gasteiger partial charge in [-0.1, -0.05) is 29.5 Å². The van der Waals surface area contributed by atoms with Crippen LogP contribution >= 0.6 is 27.3 Å². The predicted molar refractivity (Wildman–Crippen MR) is 99.2 cm³/mol. The Labute approximate surface area is 151 Å². The highest BCUT2D eigenvalue weighted by Gasteiger charge is 2.11. The quantitative estimate of drug-likeness (QED) is 0.693. The van der Waals surface area contributed by atoms with Crippen LogP contribution in [0.5, 0.6) is 0 Å². The van der Waals surface area contributed by atoms with Crippen LogP contribution in [0.1, 0.15) is 5.56 Å². The molecule has 3 aromatic rings. The van der Waals surface area contributed by atoms with Gasteiger partial charge in [-0.3, -0.25) is 4.79 Å². The molecule has 0 spiro atoms. The van der Waals surface area contributed by atoms with E-state index in [9.17, 15) is 13.2 Å². The van der Waals surface area contributed by atoms with Crippen molar-refractivity contribution in [2.24, 2.45) is 0 Å². The summed E-state index contributed by atoms with van der Waals surface area (Å²) in [6.07, 6.45) is 1.31. The maximum atomic E-state index is 12.2. The fraction of sp³-hybridized carbons (Fsp3) is 0.125. The molecule has 24 heavy (non-hydrogen) atoms. The summed E-state index contributed by atoms with van der Waals surface area (Å²) in [4.78, 5) is 16.8. The zero-order valence-corrected chi connectivity index (χ0v) is 15.8. The van der Waals surface area contributed by atoms with Crippen LogP contribution < -0.4 is 5.32 Å². The minimum atomic E-state index is -3.23. The molecule has 5 nitrogen and oxygen atoms in total. The van der Waals surface area contributed by atoms with Gasteiger partial charge >= 0.3 is 0 Å². The van der Waals surface area contributed by atoms with Crippen LogP contribution in [0.3, 0.4) is 0 Å².